The number of anilines is 1. The van der Waals surface area contributed by atoms with Crippen LogP contribution in [0.3, 0.4) is 0 Å². The Morgan fingerprint density at radius 1 is 1.35 bits per heavy atom. The quantitative estimate of drug-likeness (QED) is 0.684. The lowest BCUT2D eigenvalue weighted by molar-refractivity contribution is -0.139. The number of carbonyl (C=O) groups is 2. The molecule has 0 fully saturated rings. The van der Waals surface area contributed by atoms with Crippen LogP contribution in [0.1, 0.15) is 6.42 Å². The fourth-order valence-electron chi connectivity index (χ4n) is 1.16. The van der Waals surface area contributed by atoms with Crippen molar-refractivity contribution in [1.29, 1.82) is 0 Å². The molecule has 2 amide bonds. The van der Waals surface area contributed by atoms with E-state index in [9.17, 15) is 9.59 Å². The van der Waals surface area contributed by atoms with Crippen LogP contribution in [0, 0.1) is 12.3 Å². The number of para-hydroxylation sites is 1. The molecule has 0 aromatic heterocycles. The number of urea groups is 1. The molecule has 1 unspecified atom stereocenters. The Balaban J connectivity index is 2.54. The largest absolute Gasteiger partial charge is 0.480 e. The van der Waals surface area contributed by atoms with Crippen LogP contribution in [-0.4, -0.2) is 23.1 Å². The average Bonchev–Trinajstić information content (AvgIpc) is 2.29. The van der Waals surface area contributed by atoms with Crippen LogP contribution in [0.5, 0.6) is 0 Å². The zero-order chi connectivity index (χ0) is 12.7. The molecule has 17 heavy (non-hydrogen) atoms. The van der Waals surface area contributed by atoms with Crippen LogP contribution in [-0.2, 0) is 4.79 Å². The first-order chi connectivity index (χ1) is 8.13. The molecule has 0 saturated carbocycles. The summed E-state index contributed by atoms with van der Waals surface area (Å²) in [5, 5.41) is 13.6. The summed E-state index contributed by atoms with van der Waals surface area (Å²) in [4.78, 5) is 22.2. The van der Waals surface area contributed by atoms with Crippen LogP contribution < -0.4 is 10.6 Å². The Morgan fingerprint density at radius 2 is 2.00 bits per heavy atom. The van der Waals surface area contributed by atoms with Crippen molar-refractivity contribution in [1.82, 2.24) is 5.32 Å². The summed E-state index contributed by atoms with van der Waals surface area (Å²) in [6, 6.07) is 7.02. The van der Waals surface area contributed by atoms with E-state index in [0.717, 1.165) is 0 Å². The third-order valence-electron chi connectivity index (χ3n) is 1.96. The molecule has 0 radical (unpaired) electrons. The number of rotatable bonds is 4. The van der Waals surface area contributed by atoms with Gasteiger partial charge in [-0.3, -0.25) is 0 Å². The van der Waals surface area contributed by atoms with Gasteiger partial charge in [-0.25, -0.2) is 9.59 Å². The minimum absolute atomic E-state index is 0.0580. The van der Waals surface area contributed by atoms with Gasteiger partial charge in [-0.2, -0.15) is 0 Å². The third kappa shape index (κ3) is 4.26. The molecule has 0 spiro atoms. The van der Waals surface area contributed by atoms with E-state index in [1.807, 2.05) is 6.07 Å². The summed E-state index contributed by atoms with van der Waals surface area (Å²) in [7, 11) is 0. The van der Waals surface area contributed by atoms with Gasteiger partial charge in [0.1, 0.15) is 6.04 Å². The summed E-state index contributed by atoms with van der Waals surface area (Å²) in [5.74, 6) is 1.03. The third-order valence-corrected chi connectivity index (χ3v) is 1.96. The maximum Gasteiger partial charge on any atom is 0.327 e. The SMILES string of the molecule is C#CCC(NC(=O)Nc1ccccc1)C(=O)O. The topological polar surface area (TPSA) is 78.4 Å². The molecule has 0 aliphatic carbocycles. The molecule has 5 nitrogen and oxygen atoms in total. The van der Waals surface area contributed by atoms with E-state index in [2.05, 4.69) is 16.6 Å². The second-order valence-electron chi connectivity index (χ2n) is 3.26. The molecular formula is C12H12N2O3. The van der Waals surface area contributed by atoms with E-state index in [1.54, 1.807) is 24.3 Å². The number of benzene rings is 1. The van der Waals surface area contributed by atoms with Crippen molar-refractivity contribution in [3.05, 3.63) is 30.3 Å². The molecule has 0 saturated heterocycles. The van der Waals surface area contributed by atoms with Crippen LogP contribution in [0.4, 0.5) is 10.5 Å². The lowest BCUT2D eigenvalue weighted by Gasteiger charge is -2.12. The van der Waals surface area contributed by atoms with Gasteiger partial charge in [0.25, 0.3) is 0 Å². The number of hydrogen-bond acceptors (Lipinski definition) is 2. The summed E-state index contributed by atoms with van der Waals surface area (Å²) in [5.41, 5.74) is 0.579. The normalized spacial score (nSPS) is 11.0. The molecule has 1 aromatic carbocycles. The molecule has 0 heterocycles. The summed E-state index contributed by atoms with van der Waals surface area (Å²) in [6.07, 6.45) is 4.95. The number of hydrogen-bond donors (Lipinski definition) is 3. The van der Waals surface area contributed by atoms with Crippen molar-refractivity contribution in [2.24, 2.45) is 0 Å². The molecule has 0 aliphatic heterocycles. The van der Waals surface area contributed by atoms with E-state index >= 15 is 0 Å². The number of carboxylic acid groups (broad SMARTS) is 1. The fraction of sp³-hybridized carbons (Fsp3) is 0.167. The molecular weight excluding hydrogens is 220 g/mol. The molecule has 0 bridgehead atoms. The monoisotopic (exact) mass is 232 g/mol. The second kappa shape index (κ2) is 6.18. The lowest BCUT2D eigenvalue weighted by atomic mass is 10.2. The molecule has 1 rings (SSSR count). The van der Waals surface area contributed by atoms with Gasteiger partial charge >= 0.3 is 12.0 Å². The van der Waals surface area contributed by atoms with E-state index < -0.39 is 18.0 Å². The highest BCUT2D eigenvalue weighted by atomic mass is 16.4. The summed E-state index contributed by atoms with van der Waals surface area (Å²) >= 11 is 0. The van der Waals surface area contributed by atoms with Crippen molar-refractivity contribution in [2.45, 2.75) is 12.5 Å². The van der Waals surface area contributed by atoms with Crippen LogP contribution >= 0.6 is 0 Å². The first-order valence-corrected chi connectivity index (χ1v) is 4.92. The number of terminal acetylenes is 1. The van der Waals surface area contributed by atoms with Gasteiger partial charge in [0, 0.05) is 12.1 Å². The zero-order valence-corrected chi connectivity index (χ0v) is 9.01. The van der Waals surface area contributed by atoms with E-state index in [1.165, 1.54) is 0 Å². The van der Waals surface area contributed by atoms with Crippen molar-refractivity contribution in [3.8, 4) is 12.3 Å². The van der Waals surface area contributed by atoms with Crippen molar-refractivity contribution in [2.75, 3.05) is 5.32 Å². The van der Waals surface area contributed by atoms with Gasteiger partial charge in [0.15, 0.2) is 0 Å². The molecule has 5 heteroatoms. The molecule has 1 aromatic rings. The van der Waals surface area contributed by atoms with Crippen LogP contribution in [0.2, 0.25) is 0 Å². The van der Waals surface area contributed by atoms with Gasteiger partial charge in [-0.05, 0) is 12.1 Å². The van der Waals surface area contributed by atoms with Gasteiger partial charge in [-0.1, -0.05) is 18.2 Å². The number of carbonyl (C=O) groups excluding carboxylic acids is 1. The fourth-order valence-corrected chi connectivity index (χ4v) is 1.16. The predicted octanol–water partition coefficient (Wildman–Crippen LogP) is 1.28. The van der Waals surface area contributed by atoms with Gasteiger partial charge in [0.2, 0.25) is 0 Å². The van der Waals surface area contributed by atoms with Crippen LogP contribution in [0.15, 0.2) is 30.3 Å². The first-order valence-electron chi connectivity index (χ1n) is 4.92. The minimum Gasteiger partial charge on any atom is -0.480 e. The van der Waals surface area contributed by atoms with Crippen molar-refractivity contribution in [3.63, 3.8) is 0 Å². The standard InChI is InChI=1S/C12H12N2O3/c1-2-6-10(11(15)16)14-12(17)13-9-7-4-3-5-8-9/h1,3-5,7-8,10H,6H2,(H,15,16)(H2,13,14,17). The summed E-state index contributed by atoms with van der Waals surface area (Å²) in [6.45, 7) is 0. The minimum atomic E-state index is -1.16. The van der Waals surface area contributed by atoms with E-state index in [-0.39, 0.29) is 6.42 Å². The van der Waals surface area contributed by atoms with Crippen LogP contribution in [0.25, 0.3) is 0 Å². The highest BCUT2D eigenvalue weighted by molar-refractivity contribution is 5.92. The van der Waals surface area contributed by atoms with Gasteiger partial charge in [-0.15, -0.1) is 12.3 Å². The van der Waals surface area contributed by atoms with Gasteiger partial charge in [0.05, 0.1) is 0 Å². The first kappa shape index (κ1) is 12.6. The van der Waals surface area contributed by atoms with E-state index in [4.69, 9.17) is 11.5 Å². The smallest absolute Gasteiger partial charge is 0.327 e. The van der Waals surface area contributed by atoms with Gasteiger partial charge < -0.3 is 15.7 Å². The van der Waals surface area contributed by atoms with E-state index in [0.29, 0.717) is 5.69 Å². The maximum atomic E-state index is 11.4. The molecule has 88 valence electrons. The maximum absolute atomic E-state index is 11.4. The second-order valence-corrected chi connectivity index (χ2v) is 3.26. The molecule has 1 atom stereocenters. The summed E-state index contributed by atoms with van der Waals surface area (Å²) < 4.78 is 0. The number of nitrogens with one attached hydrogen (secondary N) is 2. The highest BCUT2D eigenvalue weighted by Crippen LogP contribution is 2.04. The molecule has 3 N–H and O–H groups in total. The number of amides is 2. The Morgan fingerprint density at radius 3 is 2.53 bits per heavy atom. The predicted molar refractivity (Wildman–Crippen MR) is 63.5 cm³/mol. The Kier molecular flexibility index (Phi) is 4.58. The average molecular weight is 232 g/mol. The Bertz CT molecular complexity index is 437. The Labute approximate surface area is 98.8 Å². The van der Waals surface area contributed by atoms with Crippen molar-refractivity contribution < 1.29 is 14.7 Å². The lowest BCUT2D eigenvalue weighted by Crippen LogP contribution is -2.42. The zero-order valence-electron chi connectivity index (χ0n) is 9.01. The molecule has 0 aliphatic rings. The number of aliphatic carboxylic acids is 1. The van der Waals surface area contributed by atoms with Crippen molar-refractivity contribution >= 4 is 17.7 Å². The number of carboxylic acids is 1. The highest BCUT2D eigenvalue weighted by Gasteiger charge is 2.18. The Hall–Kier alpha value is -2.48.